The fourth-order valence-electron chi connectivity index (χ4n) is 1.94. The van der Waals surface area contributed by atoms with Crippen molar-refractivity contribution in [2.75, 3.05) is 6.54 Å². The van der Waals surface area contributed by atoms with E-state index in [1.54, 1.807) is 0 Å². The summed E-state index contributed by atoms with van der Waals surface area (Å²) in [5, 5.41) is 11.0. The van der Waals surface area contributed by atoms with Gasteiger partial charge in [-0.15, -0.1) is 0 Å². The van der Waals surface area contributed by atoms with E-state index in [2.05, 4.69) is 33.7 Å². The summed E-state index contributed by atoms with van der Waals surface area (Å²) in [7, 11) is 0. The second-order valence-corrected chi connectivity index (χ2v) is 4.62. The fourth-order valence-corrected chi connectivity index (χ4v) is 1.94. The molecule has 3 heteroatoms. The molecule has 3 rings (SSSR count). The number of hydrogen-bond acceptors (Lipinski definition) is 2. The number of hydrogen-bond donors (Lipinski definition) is 2. The molecule has 1 aliphatic rings. The van der Waals surface area contributed by atoms with Gasteiger partial charge in [-0.05, 0) is 18.9 Å². The highest BCUT2D eigenvalue weighted by Gasteiger charge is 2.19. The van der Waals surface area contributed by atoms with E-state index in [0.717, 1.165) is 24.7 Å². The molecule has 0 aliphatic heterocycles. The summed E-state index contributed by atoms with van der Waals surface area (Å²) < 4.78 is 0. The Bertz CT molecular complexity index is 471. The minimum atomic E-state index is 0.784. The van der Waals surface area contributed by atoms with Gasteiger partial charge in [0.15, 0.2) is 0 Å². The van der Waals surface area contributed by atoms with E-state index in [0.29, 0.717) is 0 Å². The molecule has 88 valence electrons. The van der Waals surface area contributed by atoms with Crippen molar-refractivity contribution >= 4 is 0 Å². The molecule has 1 aromatic heterocycles. The van der Waals surface area contributed by atoms with Crippen LogP contribution < -0.4 is 5.32 Å². The predicted octanol–water partition coefficient (Wildman–Crippen LogP) is 2.37. The van der Waals surface area contributed by atoms with Gasteiger partial charge in [0.25, 0.3) is 0 Å². The van der Waals surface area contributed by atoms with E-state index >= 15 is 0 Å². The lowest BCUT2D eigenvalue weighted by Crippen LogP contribution is -2.19. The zero-order valence-electron chi connectivity index (χ0n) is 9.82. The molecular formula is C14H17N3. The molecule has 1 fully saturated rings. The summed E-state index contributed by atoms with van der Waals surface area (Å²) in [4.78, 5) is 0. The van der Waals surface area contributed by atoms with Crippen LogP contribution in [-0.2, 0) is 6.42 Å². The molecule has 0 saturated heterocycles. The van der Waals surface area contributed by atoms with Crippen molar-refractivity contribution in [2.24, 2.45) is 0 Å². The summed E-state index contributed by atoms with van der Waals surface area (Å²) >= 11 is 0. The predicted molar refractivity (Wildman–Crippen MR) is 68.8 cm³/mol. The van der Waals surface area contributed by atoms with Crippen LogP contribution in [0.5, 0.6) is 0 Å². The van der Waals surface area contributed by atoms with Gasteiger partial charge >= 0.3 is 0 Å². The van der Waals surface area contributed by atoms with Gasteiger partial charge in [0.2, 0.25) is 0 Å². The molecule has 0 unspecified atom stereocenters. The molecule has 0 spiro atoms. The first kappa shape index (κ1) is 10.5. The molecule has 3 nitrogen and oxygen atoms in total. The van der Waals surface area contributed by atoms with Crippen molar-refractivity contribution in [2.45, 2.75) is 25.3 Å². The largest absolute Gasteiger partial charge is 0.314 e. The standard InChI is InChI=1S/C14H17N3/c1-2-4-11(5-3-1)14-10-13(16-17-14)8-9-15-12-6-7-12/h1-5,10,12,15H,6-9H2,(H,16,17). The van der Waals surface area contributed by atoms with Crippen LogP contribution in [0.25, 0.3) is 11.3 Å². The third kappa shape index (κ3) is 2.74. The Morgan fingerprint density at radius 3 is 2.82 bits per heavy atom. The lowest BCUT2D eigenvalue weighted by Gasteiger charge is -1.99. The Hall–Kier alpha value is -1.61. The minimum absolute atomic E-state index is 0.784. The molecule has 1 aliphatic carbocycles. The van der Waals surface area contributed by atoms with E-state index in [1.165, 1.54) is 24.1 Å². The molecule has 2 N–H and O–H groups in total. The van der Waals surface area contributed by atoms with Crippen LogP contribution >= 0.6 is 0 Å². The lowest BCUT2D eigenvalue weighted by atomic mass is 10.1. The van der Waals surface area contributed by atoms with Gasteiger partial charge in [0.1, 0.15) is 0 Å². The summed E-state index contributed by atoms with van der Waals surface area (Å²) in [6.07, 6.45) is 3.72. The first-order valence-corrected chi connectivity index (χ1v) is 6.25. The third-order valence-electron chi connectivity index (χ3n) is 3.11. The van der Waals surface area contributed by atoms with Gasteiger partial charge in [0, 0.05) is 30.3 Å². The van der Waals surface area contributed by atoms with E-state index in [9.17, 15) is 0 Å². The highest BCUT2D eigenvalue weighted by atomic mass is 15.1. The smallest absolute Gasteiger partial charge is 0.0923 e. The Balaban J connectivity index is 1.61. The van der Waals surface area contributed by atoms with Crippen LogP contribution in [-0.4, -0.2) is 22.8 Å². The molecule has 0 amide bonds. The van der Waals surface area contributed by atoms with Crippen LogP contribution in [0.4, 0.5) is 0 Å². The minimum Gasteiger partial charge on any atom is -0.314 e. The second kappa shape index (κ2) is 4.72. The number of aromatic nitrogens is 2. The molecular weight excluding hydrogens is 210 g/mol. The molecule has 0 bridgehead atoms. The number of nitrogens with one attached hydrogen (secondary N) is 2. The maximum Gasteiger partial charge on any atom is 0.0923 e. The van der Waals surface area contributed by atoms with Crippen LogP contribution in [0.1, 0.15) is 18.5 Å². The maximum absolute atomic E-state index is 4.35. The van der Waals surface area contributed by atoms with E-state index < -0.39 is 0 Å². The van der Waals surface area contributed by atoms with Crippen LogP contribution in [0.3, 0.4) is 0 Å². The van der Waals surface area contributed by atoms with Crippen molar-refractivity contribution in [1.82, 2.24) is 15.5 Å². The molecule has 1 aromatic carbocycles. The van der Waals surface area contributed by atoms with Crippen molar-refractivity contribution in [3.05, 3.63) is 42.1 Å². The highest BCUT2D eigenvalue weighted by molar-refractivity contribution is 5.58. The topological polar surface area (TPSA) is 40.7 Å². The zero-order chi connectivity index (χ0) is 11.5. The van der Waals surface area contributed by atoms with Gasteiger partial charge in [-0.25, -0.2) is 0 Å². The molecule has 17 heavy (non-hydrogen) atoms. The van der Waals surface area contributed by atoms with Crippen molar-refractivity contribution in [3.8, 4) is 11.3 Å². The van der Waals surface area contributed by atoms with Crippen molar-refractivity contribution in [1.29, 1.82) is 0 Å². The van der Waals surface area contributed by atoms with Crippen molar-refractivity contribution < 1.29 is 0 Å². The van der Waals surface area contributed by atoms with Crippen molar-refractivity contribution in [3.63, 3.8) is 0 Å². The number of H-pyrrole nitrogens is 1. The van der Waals surface area contributed by atoms with Gasteiger partial charge in [-0.3, -0.25) is 5.10 Å². The number of aromatic amines is 1. The summed E-state index contributed by atoms with van der Waals surface area (Å²) in [5.41, 5.74) is 3.41. The first-order chi connectivity index (χ1) is 8.42. The molecule has 0 atom stereocenters. The number of rotatable bonds is 5. The summed E-state index contributed by atoms with van der Waals surface area (Å²) in [6.45, 7) is 1.04. The monoisotopic (exact) mass is 227 g/mol. The Kier molecular flexibility index (Phi) is 2.92. The molecule has 1 saturated carbocycles. The van der Waals surface area contributed by atoms with Gasteiger partial charge in [0.05, 0.1) is 5.69 Å². The Labute approximate surface area is 101 Å². The number of nitrogens with zero attached hydrogens (tertiary/aromatic N) is 1. The number of benzene rings is 1. The zero-order valence-corrected chi connectivity index (χ0v) is 9.82. The second-order valence-electron chi connectivity index (χ2n) is 4.62. The molecule has 1 heterocycles. The van der Waals surface area contributed by atoms with E-state index in [-0.39, 0.29) is 0 Å². The fraction of sp³-hybridized carbons (Fsp3) is 0.357. The Morgan fingerprint density at radius 1 is 1.24 bits per heavy atom. The summed E-state index contributed by atoms with van der Waals surface area (Å²) in [5.74, 6) is 0. The molecule has 0 radical (unpaired) electrons. The van der Waals surface area contributed by atoms with Crippen LogP contribution in [0.15, 0.2) is 36.4 Å². The Morgan fingerprint density at radius 2 is 2.06 bits per heavy atom. The van der Waals surface area contributed by atoms with Crippen LogP contribution in [0, 0.1) is 0 Å². The summed E-state index contributed by atoms with van der Waals surface area (Å²) in [6, 6.07) is 13.2. The molecule has 2 aromatic rings. The quantitative estimate of drug-likeness (QED) is 0.823. The normalized spacial score (nSPS) is 15.1. The SMILES string of the molecule is c1ccc(-c2cc(CCNC3CC3)[nH]n2)cc1. The van der Waals surface area contributed by atoms with E-state index in [1.807, 2.05) is 18.2 Å². The highest BCUT2D eigenvalue weighted by Crippen LogP contribution is 2.19. The third-order valence-corrected chi connectivity index (χ3v) is 3.11. The lowest BCUT2D eigenvalue weighted by molar-refractivity contribution is 0.674. The van der Waals surface area contributed by atoms with E-state index in [4.69, 9.17) is 0 Å². The average Bonchev–Trinajstić information content (AvgIpc) is 3.07. The first-order valence-electron chi connectivity index (χ1n) is 6.25. The van der Waals surface area contributed by atoms with Crippen LogP contribution in [0.2, 0.25) is 0 Å². The van der Waals surface area contributed by atoms with Gasteiger partial charge in [-0.1, -0.05) is 30.3 Å². The van der Waals surface area contributed by atoms with Gasteiger partial charge in [-0.2, -0.15) is 5.10 Å². The van der Waals surface area contributed by atoms with Gasteiger partial charge < -0.3 is 5.32 Å². The maximum atomic E-state index is 4.35. The average molecular weight is 227 g/mol.